The Morgan fingerprint density at radius 2 is 1.71 bits per heavy atom. The minimum Gasteiger partial charge on any atom is -0.341 e. The third-order valence-electron chi connectivity index (χ3n) is 4.35. The van der Waals surface area contributed by atoms with Gasteiger partial charge in [0.1, 0.15) is 12.1 Å². The lowest BCUT2D eigenvalue weighted by Crippen LogP contribution is -2.47. The molecular formula is C15H25N3O3. The molecule has 2 saturated heterocycles. The molecule has 0 radical (unpaired) electrons. The smallest absolute Gasteiger partial charge is 0.325 e. The summed E-state index contributed by atoms with van der Waals surface area (Å²) in [6, 6.07) is -0.422. The van der Waals surface area contributed by atoms with Crippen LogP contribution < -0.4 is 5.32 Å². The van der Waals surface area contributed by atoms with Crippen LogP contribution >= 0.6 is 0 Å². The molecule has 0 aliphatic carbocycles. The lowest BCUT2D eigenvalue weighted by atomic mass is 9.88. The minimum absolute atomic E-state index is 0.125. The van der Waals surface area contributed by atoms with Gasteiger partial charge in [-0.25, -0.2) is 4.79 Å². The molecule has 1 N–H and O–H groups in total. The lowest BCUT2D eigenvalue weighted by molar-refractivity contribution is -0.138. The predicted octanol–water partition coefficient (Wildman–Crippen LogP) is 1.50. The largest absolute Gasteiger partial charge is 0.341 e. The fourth-order valence-corrected chi connectivity index (χ4v) is 3.34. The van der Waals surface area contributed by atoms with E-state index in [0.717, 1.165) is 43.7 Å². The Bertz CT molecular complexity index is 424. The highest BCUT2D eigenvalue weighted by molar-refractivity contribution is 6.09. The Labute approximate surface area is 125 Å². The first-order chi connectivity index (χ1) is 10.0. The molecule has 6 heteroatoms. The average molecular weight is 295 g/mol. The number of nitrogens with zero attached hydrogens (tertiary/aromatic N) is 2. The van der Waals surface area contributed by atoms with Crippen LogP contribution in [0.5, 0.6) is 0 Å². The molecule has 2 heterocycles. The Morgan fingerprint density at radius 1 is 1.14 bits per heavy atom. The fraction of sp³-hybridized carbons (Fsp3) is 0.800. The van der Waals surface area contributed by atoms with E-state index in [0.29, 0.717) is 12.8 Å². The van der Waals surface area contributed by atoms with E-state index in [1.54, 1.807) is 4.90 Å². The number of rotatable bonds is 6. The van der Waals surface area contributed by atoms with Crippen LogP contribution in [-0.2, 0) is 9.59 Å². The highest BCUT2D eigenvalue weighted by Crippen LogP contribution is 2.28. The first-order valence-corrected chi connectivity index (χ1v) is 7.96. The van der Waals surface area contributed by atoms with E-state index in [1.165, 1.54) is 0 Å². The Kier molecular flexibility index (Phi) is 4.85. The van der Waals surface area contributed by atoms with Crippen LogP contribution in [0.25, 0.3) is 0 Å². The third kappa shape index (κ3) is 3.04. The molecule has 0 aromatic heterocycles. The topological polar surface area (TPSA) is 69.7 Å². The quantitative estimate of drug-likeness (QED) is 0.755. The Hall–Kier alpha value is -1.59. The van der Waals surface area contributed by atoms with Gasteiger partial charge in [0.15, 0.2) is 0 Å². The van der Waals surface area contributed by atoms with E-state index < -0.39 is 11.6 Å². The number of hydrogen-bond donors (Lipinski definition) is 1. The number of likely N-dealkylation sites (tertiary alicyclic amines) is 1. The van der Waals surface area contributed by atoms with Gasteiger partial charge in [-0.15, -0.1) is 0 Å². The molecule has 0 unspecified atom stereocenters. The summed E-state index contributed by atoms with van der Waals surface area (Å²) in [4.78, 5) is 39.8. The van der Waals surface area contributed by atoms with Crippen LogP contribution in [0.15, 0.2) is 0 Å². The van der Waals surface area contributed by atoms with Crippen molar-refractivity contribution in [2.24, 2.45) is 0 Å². The van der Waals surface area contributed by atoms with E-state index in [4.69, 9.17) is 0 Å². The summed E-state index contributed by atoms with van der Waals surface area (Å²) < 4.78 is 0. The Balaban J connectivity index is 2.08. The summed E-state index contributed by atoms with van der Waals surface area (Å²) in [6.07, 6.45) is 4.89. The van der Waals surface area contributed by atoms with Gasteiger partial charge in [0.25, 0.3) is 5.91 Å². The first kappa shape index (κ1) is 15.8. The van der Waals surface area contributed by atoms with Crippen molar-refractivity contribution in [1.82, 2.24) is 15.1 Å². The molecule has 21 heavy (non-hydrogen) atoms. The fourth-order valence-electron chi connectivity index (χ4n) is 3.34. The van der Waals surface area contributed by atoms with Crippen LogP contribution in [0, 0.1) is 0 Å². The standard InChI is InChI=1S/C15H25N3O3/c1-3-7-15(8-4-2)13(20)18(14(21)16-15)11-12(19)17-9-5-6-10-17/h3-11H2,1-2H3,(H,16,21). The van der Waals surface area contributed by atoms with Crippen molar-refractivity contribution in [3.8, 4) is 0 Å². The SMILES string of the molecule is CCCC1(CCC)NC(=O)N(CC(=O)N2CCCC2)C1=O. The van der Waals surface area contributed by atoms with Crippen molar-refractivity contribution in [3.05, 3.63) is 0 Å². The summed E-state index contributed by atoms with van der Waals surface area (Å²) in [5.41, 5.74) is -0.800. The molecule has 118 valence electrons. The molecule has 4 amide bonds. The summed E-state index contributed by atoms with van der Waals surface area (Å²) in [6.45, 7) is 5.33. The third-order valence-corrected chi connectivity index (χ3v) is 4.35. The Morgan fingerprint density at radius 3 is 2.24 bits per heavy atom. The first-order valence-electron chi connectivity index (χ1n) is 7.96. The van der Waals surface area contributed by atoms with Crippen molar-refractivity contribution < 1.29 is 14.4 Å². The van der Waals surface area contributed by atoms with Gasteiger partial charge in [-0.1, -0.05) is 26.7 Å². The van der Waals surface area contributed by atoms with Crippen LogP contribution in [-0.4, -0.2) is 52.8 Å². The molecule has 2 rings (SSSR count). The summed E-state index contributed by atoms with van der Waals surface area (Å²) in [7, 11) is 0. The molecule has 6 nitrogen and oxygen atoms in total. The van der Waals surface area contributed by atoms with E-state index in [1.807, 2.05) is 13.8 Å². The van der Waals surface area contributed by atoms with Crippen molar-refractivity contribution in [1.29, 1.82) is 0 Å². The van der Waals surface area contributed by atoms with Crippen molar-refractivity contribution in [3.63, 3.8) is 0 Å². The summed E-state index contributed by atoms with van der Waals surface area (Å²) in [5.74, 6) is -0.358. The number of hydrogen-bond acceptors (Lipinski definition) is 3. The van der Waals surface area contributed by atoms with Gasteiger partial charge < -0.3 is 10.2 Å². The summed E-state index contributed by atoms with van der Waals surface area (Å²) >= 11 is 0. The number of nitrogens with one attached hydrogen (secondary N) is 1. The molecular weight excluding hydrogens is 270 g/mol. The van der Waals surface area contributed by atoms with Crippen molar-refractivity contribution >= 4 is 17.8 Å². The number of urea groups is 1. The maximum Gasteiger partial charge on any atom is 0.325 e. The lowest BCUT2D eigenvalue weighted by Gasteiger charge is -2.26. The molecule has 0 saturated carbocycles. The van der Waals surface area contributed by atoms with E-state index >= 15 is 0 Å². The zero-order valence-electron chi connectivity index (χ0n) is 13.0. The second-order valence-corrected chi connectivity index (χ2v) is 5.99. The van der Waals surface area contributed by atoms with Gasteiger partial charge in [-0.05, 0) is 25.7 Å². The molecule has 0 bridgehead atoms. The number of carbonyl (C=O) groups excluding carboxylic acids is 3. The van der Waals surface area contributed by atoms with Crippen LogP contribution in [0.4, 0.5) is 4.79 Å². The highest BCUT2D eigenvalue weighted by atomic mass is 16.2. The van der Waals surface area contributed by atoms with Crippen molar-refractivity contribution in [2.75, 3.05) is 19.6 Å². The maximum atomic E-state index is 12.6. The molecule has 0 spiro atoms. The van der Waals surface area contributed by atoms with Gasteiger partial charge in [0.05, 0.1) is 0 Å². The van der Waals surface area contributed by atoms with Crippen LogP contribution in [0.3, 0.4) is 0 Å². The monoisotopic (exact) mass is 295 g/mol. The number of carbonyl (C=O) groups is 3. The van der Waals surface area contributed by atoms with E-state index in [9.17, 15) is 14.4 Å². The minimum atomic E-state index is -0.800. The zero-order chi connectivity index (χ0) is 15.5. The van der Waals surface area contributed by atoms with Gasteiger partial charge in [0.2, 0.25) is 5.91 Å². The van der Waals surface area contributed by atoms with E-state index in [2.05, 4.69) is 5.32 Å². The van der Waals surface area contributed by atoms with Gasteiger partial charge in [-0.2, -0.15) is 0 Å². The molecule has 0 aromatic carbocycles. The molecule has 2 fully saturated rings. The normalized spacial score (nSPS) is 21.0. The molecule has 2 aliphatic rings. The average Bonchev–Trinajstić information content (AvgIpc) is 3.04. The molecule has 2 aliphatic heterocycles. The van der Waals surface area contributed by atoms with Crippen LogP contribution in [0.1, 0.15) is 52.4 Å². The molecule has 0 atom stereocenters. The van der Waals surface area contributed by atoms with Crippen LogP contribution in [0.2, 0.25) is 0 Å². The second-order valence-electron chi connectivity index (χ2n) is 5.99. The van der Waals surface area contributed by atoms with Gasteiger partial charge >= 0.3 is 6.03 Å². The maximum absolute atomic E-state index is 12.6. The van der Waals surface area contributed by atoms with E-state index in [-0.39, 0.29) is 18.4 Å². The molecule has 0 aromatic rings. The highest BCUT2D eigenvalue weighted by Gasteiger charge is 2.50. The predicted molar refractivity (Wildman–Crippen MR) is 78.6 cm³/mol. The second kappa shape index (κ2) is 6.45. The number of imide groups is 1. The zero-order valence-corrected chi connectivity index (χ0v) is 13.0. The van der Waals surface area contributed by atoms with Gasteiger partial charge in [0, 0.05) is 13.1 Å². The van der Waals surface area contributed by atoms with Gasteiger partial charge in [-0.3, -0.25) is 14.5 Å². The number of amides is 4. The summed E-state index contributed by atoms with van der Waals surface area (Å²) in [5, 5.41) is 2.83. The van der Waals surface area contributed by atoms with Crippen molar-refractivity contribution in [2.45, 2.75) is 57.9 Å².